The monoisotopic (exact) mass is 430 g/mol. The number of carbonyl (C=O) groups excluding carboxylic acids is 2. The van der Waals surface area contributed by atoms with Crippen LogP contribution in [0.25, 0.3) is 0 Å². The fourth-order valence-electron chi connectivity index (χ4n) is 3.69. The molecule has 0 radical (unpaired) electrons. The number of hydrogen-bond donors (Lipinski definition) is 2. The van der Waals surface area contributed by atoms with Gasteiger partial charge in [0.15, 0.2) is 0 Å². The van der Waals surface area contributed by atoms with Crippen LogP contribution in [0.4, 0.5) is 5.69 Å². The summed E-state index contributed by atoms with van der Waals surface area (Å²) in [5.74, 6) is -0.0126. The van der Waals surface area contributed by atoms with Crippen molar-refractivity contribution in [1.29, 1.82) is 0 Å². The molecular formula is C22H23ClN2O5. The summed E-state index contributed by atoms with van der Waals surface area (Å²) in [5, 5.41) is 13.7. The lowest BCUT2D eigenvalue weighted by atomic mass is 9.98. The van der Waals surface area contributed by atoms with Gasteiger partial charge < -0.3 is 24.8 Å². The zero-order chi connectivity index (χ0) is 21.1. The van der Waals surface area contributed by atoms with Gasteiger partial charge >= 0.3 is 0 Å². The van der Waals surface area contributed by atoms with E-state index in [0.29, 0.717) is 54.6 Å². The van der Waals surface area contributed by atoms with Crippen LogP contribution in [-0.2, 0) is 16.1 Å². The number of amides is 2. The van der Waals surface area contributed by atoms with Crippen molar-refractivity contribution < 1.29 is 24.2 Å². The minimum atomic E-state index is -1.16. The molecule has 2 N–H and O–H groups in total. The highest BCUT2D eigenvalue weighted by atomic mass is 35.5. The SMILES string of the molecule is O=C(Nc1ccc(Cl)cc1)c1ccc2c(c1)OC(O)CN(C(=O)C1CCOCC1)C2. The number of benzene rings is 2. The van der Waals surface area contributed by atoms with Crippen LogP contribution in [0, 0.1) is 5.92 Å². The summed E-state index contributed by atoms with van der Waals surface area (Å²) < 4.78 is 11.0. The average Bonchev–Trinajstić information content (AvgIpc) is 2.92. The highest BCUT2D eigenvalue weighted by molar-refractivity contribution is 6.30. The van der Waals surface area contributed by atoms with Gasteiger partial charge in [-0.3, -0.25) is 9.59 Å². The predicted molar refractivity (Wildman–Crippen MR) is 111 cm³/mol. The van der Waals surface area contributed by atoms with Crippen molar-refractivity contribution >= 4 is 29.1 Å². The summed E-state index contributed by atoms with van der Waals surface area (Å²) in [6.45, 7) is 1.55. The Labute approximate surface area is 179 Å². The Morgan fingerprint density at radius 3 is 2.57 bits per heavy atom. The number of nitrogens with zero attached hydrogens (tertiary/aromatic N) is 1. The van der Waals surface area contributed by atoms with E-state index in [-0.39, 0.29) is 24.3 Å². The Bertz CT molecular complexity index is 928. The molecule has 0 spiro atoms. The first-order valence-corrected chi connectivity index (χ1v) is 10.3. The van der Waals surface area contributed by atoms with E-state index < -0.39 is 6.29 Å². The largest absolute Gasteiger partial charge is 0.463 e. The zero-order valence-corrected chi connectivity index (χ0v) is 17.1. The molecule has 1 atom stereocenters. The van der Waals surface area contributed by atoms with Gasteiger partial charge in [0.25, 0.3) is 5.91 Å². The van der Waals surface area contributed by atoms with Crippen LogP contribution in [0.5, 0.6) is 5.75 Å². The Balaban J connectivity index is 1.50. The van der Waals surface area contributed by atoms with Crippen LogP contribution in [0.1, 0.15) is 28.8 Å². The molecule has 8 heteroatoms. The molecule has 0 saturated carbocycles. The summed E-state index contributed by atoms with van der Waals surface area (Å²) >= 11 is 5.87. The molecule has 0 aliphatic carbocycles. The summed E-state index contributed by atoms with van der Waals surface area (Å²) in [4.78, 5) is 27.1. The van der Waals surface area contributed by atoms with Crippen LogP contribution >= 0.6 is 11.6 Å². The van der Waals surface area contributed by atoms with E-state index in [1.54, 1.807) is 47.4 Å². The first-order chi connectivity index (χ1) is 14.5. The average molecular weight is 431 g/mol. The number of carbonyl (C=O) groups is 2. The number of fused-ring (bicyclic) bond motifs is 1. The van der Waals surface area contributed by atoms with Crippen LogP contribution in [0.15, 0.2) is 42.5 Å². The number of rotatable bonds is 3. The van der Waals surface area contributed by atoms with E-state index in [4.69, 9.17) is 21.1 Å². The summed E-state index contributed by atoms with van der Waals surface area (Å²) in [5.41, 5.74) is 1.75. The quantitative estimate of drug-likeness (QED) is 0.781. The van der Waals surface area contributed by atoms with E-state index >= 15 is 0 Å². The van der Waals surface area contributed by atoms with E-state index in [1.165, 1.54) is 0 Å². The minimum Gasteiger partial charge on any atom is -0.463 e. The normalized spacial score (nSPS) is 19.4. The van der Waals surface area contributed by atoms with E-state index in [0.717, 1.165) is 5.56 Å². The highest BCUT2D eigenvalue weighted by Gasteiger charge is 2.31. The number of ether oxygens (including phenoxy) is 2. The number of halogens is 1. The maximum Gasteiger partial charge on any atom is 0.255 e. The fourth-order valence-corrected chi connectivity index (χ4v) is 3.81. The summed E-state index contributed by atoms with van der Waals surface area (Å²) in [6, 6.07) is 11.8. The molecule has 2 aromatic rings. The topological polar surface area (TPSA) is 88.1 Å². The maximum atomic E-state index is 12.9. The second-order valence-electron chi connectivity index (χ2n) is 7.46. The van der Waals surface area contributed by atoms with Crippen molar-refractivity contribution in [1.82, 2.24) is 4.90 Å². The second-order valence-corrected chi connectivity index (χ2v) is 7.90. The lowest BCUT2D eigenvalue weighted by Crippen LogP contribution is -2.42. The number of anilines is 1. The van der Waals surface area contributed by atoms with Gasteiger partial charge in [-0.25, -0.2) is 0 Å². The standard InChI is InChI=1S/C22H23ClN2O5/c23-17-3-5-18(6-4-17)24-21(27)15-1-2-16-12-25(13-20(26)30-19(16)11-15)22(28)14-7-9-29-10-8-14/h1-6,11,14,20,26H,7-10,12-13H2,(H,24,27). The van der Waals surface area contributed by atoms with E-state index in [9.17, 15) is 14.7 Å². The number of aliphatic hydroxyl groups excluding tert-OH is 1. The Morgan fingerprint density at radius 1 is 1.10 bits per heavy atom. The number of β-amino-alcohol motifs (C(OH)–C–C–N with tert-alkyl or cyclic N) is 1. The molecule has 2 aliphatic heterocycles. The summed E-state index contributed by atoms with van der Waals surface area (Å²) in [6.07, 6.45) is 0.205. The zero-order valence-electron chi connectivity index (χ0n) is 16.3. The Kier molecular flexibility index (Phi) is 6.22. The van der Waals surface area contributed by atoms with E-state index in [2.05, 4.69) is 5.32 Å². The molecule has 7 nitrogen and oxygen atoms in total. The van der Waals surface area contributed by atoms with Gasteiger partial charge in [-0.05, 0) is 49.2 Å². The molecule has 0 aromatic heterocycles. The number of aliphatic hydroxyl groups is 1. The molecule has 0 bridgehead atoms. The third kappa shape index (κ3) is 4.75. The van der Waals surface area contributed by atoms with Gasteiger partial charge in [0.05, 0.1) is 6.54 Å². The smallest absolute Gasteiger partial charge is 0.255 e. The van der Waals surface area contributed by atoms with Gasteiger partial charge in [0, 0.05) is 47.5 Å². The fraction of sp³-hybridized carbons (Fsp3) is 0.364. The second kappa shape index (κ2) is 9.04. The van der Waals surface area contributed by atoms with Crippen molar-refractivity contribution in [2.75, 3.05) is 25.1 Å². The lowest BCUT2D eigenvalue weighted by Gasteiger charge is -2.28. The molecule has 1 fully saturated rings. The number of hydrogen-bond acceptors (Lipinski definition) is 5. The molecule has 2 amide bonds. The molecule has 2 aliphatic rings. The first-order valence-electron chi connectivity index (χ1n) is 9.91. The molecule has 1 saturated heterocycles. The van der Waals surface area contributed by atoms with Gasteiger partial charge in [-0.2, -0.15) is 0 Å². The third-order valence-corrected chi connectivity index (χ3v) is 5.57. The van der Waals surface area contributed by atoms with Crippen molar-refractivity contribution in [3.63, 3.8) is 0 Å². The number of nitrogens with one attached hydrogen (secondary N) is 1. The molecule has 30 heavy (non-hydrogen) atoms. The minimum absolute atomic E-state index is 0.00152. The summed E-state index contributed by atoms with van der Waals surface area (Å²) in [7, 11) is 0. The third-order valence-electron chi connectivity index (χ3n) is 5.31. The molecule has 2 heterocycles. The molecule has 158 valence electrons. The maximum absolute atomic E-state index is 12.9. The van der Waals surface area contributed by atoms with Crippen molar-refractivity contribution in [3.05, 3.63) is 58.6 Å². The Morgan fingerprint density at radius 2 is 1.83 bits per heavy atom. The Hall–Kier alpha value is -2.61. The van der Waals surface area contributed by atoms with Crippen molar-refractivity contribution in [2.45, 2.75) is 25.7 Å². The van der Waals surface area contributed by atoms with Gasteiger partial charge in [-0.15, -0.1) is 0 Å². The predicted octanol–water partition coefficient (Wildman–Crippen LogP) is 3.06. The van der Waals surface area contributed by atoms with Crippen LogP contribution < -0.4 is 10.1 Å². The van der Waals surface area contributed by atoms with E-state index in [1.807, 2.05) is 0 Å². The molecule has 1 unspecified atom stereocenters. The van der Waals surface area contributed by atoms with Crippen molar-refractivity contribution in [2.24, 2.45) is 5.92 Å². The first kappa shape index (κ1) is 20.7. The molecule has 4 rings (SSSR count). The lowest BCUT2D eigenvalue weighted by molar-refractivity contribution is -0.143. The molecular weight excluding hydrogens is 408 g/mol. The van der Waals surface area contributed by atoms with Crippen LogP contribution in [-0.4, -0.2) is 47.9 Å². The van der Waals surface area contributed by atoms with Gasteiger partial charge in [-0.1, -0.05) is 17.7 Å². The van der Waals surface area contributed by atoms with Gasteiger partial charge in [0.2, 0.25) is 12.2 Å². The highest BCUT2D eigenvalue weighted by Crippen LogP contribution is 2.28. The van der Waals surface area contributed by atoms with Crippen LogP contribution in [0.3, 0.4) is 0 Å². The molecule has 2 aromatic carbocycles. The van der Waals surface area contributed by atoms with Gasteiger partial charge in [0.1, 0.15) is 5.75 Å². The van der Waals surface area contributed by atoms with Crippen LogP contribution in [0.2, 0.25) is 5.02 Å². The van der Waals surface area contributed by atoms with Crippen molar-refractivity contribution in [3.8, 4) is 5.75 Å².